The highest BCUT2D eigenvalue weighted by Gasteiger charge is 2.24. The summed E-state index contributed by atoms with van der Waals surface area (Å²) in [4.78, 5) is 16.4. The number of H-pyrrole nitrogens is 1. The molecule has 3 heteroatoms. The quantitative estimate of drug-likeness (QED) is 0.507. The molecule has 158 valence electrons. The molecule has 3 aromatic rings. The number of benzene rings is 2. The summed E-state index contributed by atoms with van der Waals surface area (Å²) in [5, 5.41) is 4.52. The van der Waals surface area contributed by atoms with Gasteiger partial charge in [0.25, 0.3) is 0 Å². The van der Waals surface area contributed by atoms with E-state index in [-0.39, 0.29) is 17.2 Å². The van der Waals surface area contributed by atoms with Gasteiger partial charge in [0, 0.05) is 35.5 Å². The molecule has 1 saturated carbocycles. The third kappa shape index (κ3) is 4.61. The Morgan fingerprint density at radius 3 is 2.43 bits per heavy atom. The molecule has 1 atom stereocenters. The molecule has 1 aliphatic carbocycles. The average Bonchev–Trinajstić information content (AvgIpc) is 3.16. The van der Waals surface area contributed by atoms with Gasteiger partial charge in [-0.15, -0.1) is 0 Å². The summed E-state index contributed by atoms with van der Waals surface area (Å²) >= 11 is 0. The molecule has 2 N–H and O–H groups in total. The zero-order valence-corrected chi connectivity index (χ0v) is 18.5. The maximum absolute atomic E-state index is 13.0. The molecule has 1 aromatic heterocycles. The Kier molecular flexibility index (Phi) is 5.99. The molecule has 3 nitrogen and oxygen atoms in total. The molecular weight excluding hydrogens is 368 g/mol. The van der Waals surface area contributed by atoms with E-state index in [9.17, 15) is 4.79 Å². The highest BCUT2D eigenvalue weighted by atomic mass is 16.1. The number of rotatable bonds is 5. The summed E-state index contributed by atoms with van der Waals surface area (Å²) in [6.07, 6.45) is 8.54. The molecule has 30 heavy (non-hydrogen) atoms. The Labute approximate surface area is 180 Å². The van der Waals surface area contributed by atoms with Crippen molar-refractivity contribution in [3.05, 3.63) is 71.4 Å². The molecule has 0 bridgehead atoms. The van der Waals surface area contributed by atoms with Crippen LogP contribution in [0.25, 0.3) is 10.9 Å². The Balaban J connectivity index is 1.63. The topological polar surface area (TPSA) is 44.9 Å². The number of para-hydroxylation sites is 1. The van der Waals surface area contributed by atoms with Crippen molar-refractivity contribution in [2.75, 3.05) is 0 Å². The zero-order chi connectivity index (χ0) is 21.1. The van der Waals surface area contributed by atoms with Gasteiger partial charge in [0.05, 0.1) is 0 Å². The second kappa shape index (κ2) is 8.67. The maximum atomic E-state index is 13.0. The van der Waals surface area contributed by atoms with E-state index in [4.69, 9.17) is 0 Å². The van der Waals surface area contributed by atoms with Crippen LogP contribution in [-0.4, -0.2) is 16.9 Å². The fraction of sp³-hybridized carbons (Fsp3) is 0.444. The van der Waals surface area contributed by atoms with Crippen molar-refractivity contribution < 1.29 is 4.79 Å². The fourth-order valence-electron chi connectivity index (χ4n) is 4.72. The van der Waals surface area contributed by atoms with E-state index in [1.54, 1.807) is 0 Å². The van der Waals surface area contributed by atoms with E-state index in [1.807, 2.05) is 6.07 Å². The van der Waals surface area contributed by atoms with Gasteiger partial charge in [0.2, 0.25) is 5.91 Å². The first kappa shape index (κ1) is 20.7. The van der Waals surface area contributed by atoms with Crippen molar-refractivity contribution in [1.82, 2.24) is 10.3 Å². The van der Waals surface area contributed by atoms with Crippen LogP contribution in [0.5, 0.6) is 0 Å². The number of aromatic nitrogens is 1. The van der Waals surface area contributed by atoms with E-state index in [1.165, 1.54) is 41.3 Å². The van der Waals surface area contributed by atoms with Crippen molar-refractivity contribution in [3.8, 4) is 0 Å². The molecule has 1 fully saturated rings. The number of hydrogen-bond donors (Lipinski definition) is 2. The van der Waals surface area contributed by atoms with E-state index in [0.717, 1.165) is 18.4 Å². The van der Waals surface area contributed by atoms with Crippen LogP contribution in [0.3, 0.4) is 0 Å². The van der Waals surface area contributed by atoms with Gasteiger partial charge < -0.3 is 10.3 Å². The molecule has 2 aromatic carbocycles. The van der Waals surface area contributed by atoms with E-state index in [2.05, 4.69) is 79.7 Å². The lowest BCUT2D eigenvalue weighted by Crippen LogP contribution is -2.36. The smallest absolute Gasteiger partial charge is 0.221 e. The molecule has 4 rings (SSSR count). The molecular formula is C27H34N2O. The van der Waals surface area contributed by atoms with Crippen molar-refractivity contribution in [2.45, 2.75) is 76.7 Å². The van der Waals surface area contributed by atoms with Crippen molar-refractivity contribution in [2.24, 2.45) is 0 Å². The summed E-state index contributed by atoms with van der Waals surface area (Å²) in [5.74, 6) is 0.204. The van der Waals surface area contributed by atoms with Crippen LogP contribution < -0.4 is 5.32 Å². The average molecular weight is 403 g/mol. The van der Waals surface area contributed by atoms with Crippen LogP contribution in [0.15, 0.2) is 54.7 Å². The predicted octanol–water partition coefficient (Wildman–Crippen LogP) is 6.44. The number of hydrogen-bond acceptors (Lipinski definition) is 1. The zero-order valence-electron chi connectivity index (χ0n) is 18.5. The van der Waals surface area contributed by atoms with E-state index < -0.39 is 0 Å². The predicted molar refractivity (Wildman–Crippen MR) is 125 cm³/mol. The van der Waals surface area contributed by atoms with Gasteiger partial charge in [-0.25, -0.2) is 0 Å². The molecule has 0 radical (unpaired) electrons. The van der Waals surface area contributed by atoms with Gasteiger partial charge >= 0.3 is 0 Å². The van der Waals surface area contributed by atoms with Crippen molar-refractivity contribution in [3.63, 3.8) is 0 Å². The maximum Gasteiger partial charge on any atom is 0.221 e. The summed E-state index contributed by atoms with van der Waals surface area (Å²) in [7, 11) is 0. The fourth-order valence-corrected chi connectivity index (χ4v) is 4.72. The molecule has 0 aliphatic heterocycles. The minimum atomic E-state index is 0.0405. The Hall–Kier alpha value is -2.55. The minimum Gasteiger partial charge on any atom is -0.361 e. The van der Waals surface area contributed by atoms with Crippen molar-refractivity contribution in [1.29, 1.82) is 0 Å². The second-order valence-electron chi connectivity index (χ2n) is 9.82. The minimum absolute atomic E-state index is 0.0405. The van der Waals surface area contributed by atoms with E-state index >= 15 is 0 Å². The molecule has 0 spiro atoms. The van der Waals surface area contributed by atoms with Gasteiger partial charge in [-0.05, 0) is 41.0 Å². The van der Waals surface area contributed by atoms with Crippen LogP contribution in [0.4, 0.5) is 0 Å². The highest BCUT2D eigenvalue weighted by Crippen LogP contribution is 2.35. The van der Waals surface area contributed by atoms with Crippen LogP contribution in [0, 0.1) is 0 Å². The number of aromatic amines is 1. The summed E-state index contributed by atoms with van der Waals surface area (Å²) < 4.78 is 0. The summed E-state index contributed by atoms with van der Waals surface area (Å²) in [6.45, 7) is 6.70. The van der Waals surface area contributed by atoms with Gasteiger partial charge in [0.15, 0.2) is 0 Å². The molecule has 1 unspecified atom stereocenters. The van der Waals surface area contributed by atoms with Gasteiger partial charge in [-0.1, -0.05) is 82.5 Å². The first-order valence-corrected chi connectivity index (χ1v) is 11.4. The van der Waals surface area contributed by atoms with Gasteiger partial charge in [-0.2, -0.15) is 0 Å². The lowest BCUT2D eigenvalue weighted by molar-refractivity contribution is -0.122. The largest absolute Gasteiger partial charge is 0.361 e. The van der Waals surface area contributed by atoms with Gasteiger partial charge in [0.1, 0.15) is 0 Å². The molecule has 1 aliphatic rings. The number of amides is 1. The third-order valence-corrected chi connectivity index (χ3v) is 6.54. The van der Waals surface area contributed by atoms with E-state index in [0.29, 0.717) is 12.5 Å². The molecule has 1 amide bonds. The van der Waals surface area contributed by atoms with Gasteiger partial charge in [-0.3, -0.25) is 4.79 Å². The summed E-state index contributed by atoms with van der Waals surface area (Å²) in [5.41, 5.74) is 4.96. The van der Waals surface area contributed by atoms with Crippen LogP contribution in [0.2, 0.25) is 0 Å². The Bertz CT molecular complexity index is 988. The third-order valence-electron chi connectivity index (χ3n) is 6.54. The lowest BCUT2D eigenvalue weighted by Gasteiger charge is -2.25. The molecule has 0 saturated heterocycles. The van der Waals surface area contributed by atoms with Crippen LogP contribution in [-0.2, 0) is 10.2 Å². The van der Waals surface area contributed by atoms with Crippen molar-refractivity contribution >= 4 is 16.8 Å². The first-order valence-electron chi connectivity index (χ1n) is 11.4. The second-order valence-corrected chi connectivity index (χ2v) is 9.82. The Morgan fingerprint density at radius 1 is 1.03 bits per heavy atom. The standard InChI is InChI=1S/C27H34N2O/c1-27(2,3)20-15-13-19(14-16-20)23(17-26(30)29-21-9-5-4-6-10-21)24-18-28-25-12-8-7-11-22(24)25/h7-8,11-16,18,21,23,28H,4-6,9-10,17H2,1-3H3,(H,29,30). The first-order chi connectivity index (χ1) is 14.4. The monoisotopic (exact) mass is 402 g/mol. The number of fused-ring (bicyclic) bond motifs is 1. The Morgan fingerprint density at radius 2 is 1.73 bits per heavy atom. The molecule has 1 heterocycles. The number of carbonyl (C=O) groups is 1. The lowest BCUT2D eigenvalue weighted by atomic mass is 9.83. The van der Waals surface area contributed by atoms with Crippen LogP contribution >= 0.6 is 0 Å². The SMILES string of the molecule is CC(C)(C)c1ccc(C(CC(=O)NC2CCCCC2)c2c[nH]c3ccccc23)cc1. The summed E-state index contributed by atoms with van der Waals surface area (Å²) in [6, 6.07) is 17.6. The highest BCUT2D eigenvalue weighted by molar-refractivity contribution is 5.86. The number of carbonyl (C=O) groups excluding carboxylic acids is 1. The van der Waals surface area contributed by atoms with Crippen LogP contribution in [0.1, 0.15) is 81.9 Å². The normalized spacial score (nSPS) is 16.5. The number of nitrogens with one attached hydrogen (secondary N) is 2.